The lowest BCUT2D eigenvalue weighted by Gasteiger charge is -2.47. The van der Waals surface area contributed by atoms with E-state index in [4.69, 9.17) is 18.9 Å². The number of Topliss-reactive ketones (excluding diaryl/α,β-unsaturated/α-hetero) is 1. The minimum Gasteiger partial charge on any atom is -0.463 e. The van der Waals surface area contributed by atoms with Gasteiger partial charge in [0.1, 0.15) is 18.1 Å². The number of nitrogens with zero attached hydrogens (tertiary/aromatic N) is 3. The van der Waals surface area contributed by atoms with Crippen molar-refractivity contribution in [3.05, 3.63) is 0 Å². The molecule has 1 N–H and O–H groups in total. The Morgan fingerprint density at radius 3 is 2.26 bits per heavy atom. The van der Waals surface area contributed by atoms with Crippen LogP contribution in [0.1, 0.15) is 87.5 Å². The summed E-state index contributed by atoms with van der Waals surface area (Å²) in [6.45, 7) is 17.9. The highest BCUT2D eigenvalue weighted by atomic mass is 16.7. The van der Waals surface area contributed by atoms with E-state index in [1.54, 1.807) is 27.9 Å². The van der Waals surface area contributed by atoms with Crippen molar-refractivity contribution < 1.29 is 33.6 Å². The van der Waals surface area contributed by atoms with Crippen LogP contribution < -0.4 is 0 Å². The number of ketones is 1. The number of cyclic esters (lactones) is 1. The molecule has 3 fully saturated rings. The highest BCUT2D eigenvalue weighted by Crippen LogP contribution is 2.39. The maximum atomic E-state index is 14.2. The second-order valence-electron chi connectivity index (χ2n) is 16.5. The predicted octanol–water partition coefficient (Wildman–Crippen LogP) is 4.07. The Bertz CT molecular complexity index is 1000. The van der Waals surface area contributed by atoms with Gasteiger partial charge in [0.25, 0.3) is 0 Å². The Balaban J connectivity index is 1.88. The third-order valence-electron chi connectivity index (χ3n) is 11.1. The van der Waals surface area contributed by atoms with Crippen LogP contribution in [0, 0.1) is 29.1 Å². The predicted molar refractivity (Wildman–Crippen MR) is 180 cm³/mol. The number of methoxy groups -OCH3 is 1. The molecule has 0 spiro atoms. The monoisotopic (exact) mass is 653 g/mol. The normalized spacial score (nSPS) is 40.3. The largest absolute Gasteiger partial charge is 0.463 e. The van der Waals surface area contributed by atoms with Crippen LogP contribution in [0.3, 0.4) is 0 Å². The molecule has 2 aliphatic heterocycles. The highest BCUT2D eigenvalue weighted by molar-refractivity contribution is 6.04. The number of carbonyl (C=O) groups is 2. The van der Waals surface area contributed by atoms with Gasteiger partial charge < -0.3 is 33.9 Å². The van der Waals surface area contributed by atoms with Crippen molar-refractivity contribution >= 4 is 11.8 Å². The molecule has 3 aliphatic rings. The number of likely N-dealkylation sites (N-methyl/N-ethyl adjacent to an activating group) is 2. The molecule has 0 aromatic carbocycles. The Kier molecular flexibility index (Phi) is 13.7. The van der Waals surface area contributed by atoms with Crippen LogP contribution in [0.15, 0.2) is 0 Å². The summed E-state index contributed by atoms with van der Waals surface area (Å²) < 4.78 is 25.0. The zero-order chi connectivity index (χ0) is 34.7. The first-order valence-electron chi connectivity index (χ1n) is 17.6. The van der Waals surface area contributed by atoms with E-state index < -0.39 is 41.4 Å². The lowest BCUT2D eigenvalue weighted by molar-refractivity contribution is -0.295. The Labute approximate surface area is 279 Å². The summed E-state index contributed by atoms with van der Waals surface area (Å²) in [6, 6.07) is 0.489. The molecule has 1 saturated carbocycles. The summed E-state index contributed by atoms with van der Waals surface area (Å²) in [5.41, 5.74) is -2.30. The summed E-state index contributed by atoms with van der Waals surface area (Å²) in [6.07, 6.45) is 1.72. The van der Waals surface area contributed by atoms with Gasteiger partial charge in [-0.25, -0.2) is 0 Å². The first kappa shape index (κ1) is 39.3. The average Bonchev–Trinajstić information content (AvgIpc) is 2.93. The Morgan fingerprint density at radius 1 is 1.07 bits per heavy atom. The number of hydrogen-bond acceptors (Lipinski definition) is 10. The van der Waals surface area contributed by atoms with E-state index >= 15 is 0 Å². The van der Waals surface area contributed by atoms with Gasteiger partial charge in [0.15, 0.2) is 12.1 Å². The van der Waals surface area contributed by atoms with Gasteiger partial charge in [-0.05, 0) is 106 Å². The highest BCUT2D eigenvalue weighted by Gasteiger charge is 2.51. The van der Waals surface area contributed by atoms with Crippen molar-refractivity contribution in [2.24, 2.45) is 29.1 Å². The van der Waals surface area contributed by atoms with Crippen molar-refractivity contribution in [2.75, 3.05) is 55.0 Å². The van der Waals surface area contributed by atoms with E-state index in [2.05, 4.69) is 44.7 Å². The summed E-state index contributed by atoms with van der Waals surface area (Å²) in [4.78, 5) is 34.7. The van der Waals surface area contributed by atoms with Gasteiger partial charge in [0.05, 0.1) is 17.8 Å². The fourth-order valence-electron chi connectivity index (χ4n) is 8.20. The molecule has 0 aromatic heterocycles. The molecule has 268 valence electrons. The number of aliphatic hydroxyl groups excluding tert-OH is 1. The zero-order valence-electron chi connectivity index (χ0n) is 31.2. The Hall–Kier alpha value is -1.14. The molecule has 0 unspecified atom stereocenters. The van der Waals surface area contributed by atoms with E-state index in [1.165, 1.54) is 0 Å². The van der Waals surface area contributed by atoms with E-state index in [0.29, 0.717) is 30.7 Å². The van der Waals surface area contributed by atoms with E-state index in [9.17, 15) is 14.7 Å². The zero-order valence-corrected chi connectivity index (χ0v) is 31.2. The number of hydrogen-bond donors (Lipinski definition) is 1. The maximum Gasteiger partial charge on any atom is 0.319 e. The molecule has 10 nitrogen and oxygen atoms in total. The number of ether oxygens (including phenoxy) is 4. The fraction of sp³-hybridized carbons (Fsp3) is 0.944. The summed E-state index contributed by atoms with van der Waals surface area (Å²) in [5.74, 6) is -0.154. The number of carbonyl (C=O) groups excluding carboxylic acids is 2. The lowest BCUT2D eigenvalue weighted by atomic mass is 9.74. The van der Waals surface area contributed by atoms with Crippen LogP contribution in [-0.4, -0.2) is 135 Å². The molecule has 2 saturated heterocycles. The number of aliphatic hydroxyl groups is 1. The SMILES string of the molecule is CO[C@]1(C)C[C@@H](C)CN(C)[C@H](CC2CC(N(C)CC(C)C)C2)COC(=O)C(C)(C)C(=O)[C@H](C)[C@H]1O[C@@H]1O[C@H](C)C[C@H](N(C)C)[C@H]1O. The Morgan fingerprint density at radius 2 is 1.70 bits per heavy atom. The molecule has 0 bridgehead atoms. The summed E-state index contributed by atoms with van der Waals surface area (Å²) >= 11 is 0. The van der Waals surface area contributed by atoms with Crippen LogP contribution >= 0.6 is 0 Å². The van der Waals surface area contributed by atoms with Crippen molar-refractivity contribution in [3.63, 3.8) is 0 Å². The number of esters is 1. The average molecular weight is 654 g/mol. The second-order valence-corrected chi connectivity index (χ2v) is 16.5. The molecule has 0 aromatic rings. The smallest absolute Gasteiger partial charge is 0.319 e. The van der Waals surface area contributed by atoms with Gasteiger partial charge in [-0.2, -0.15) is 0 Å². The fourth-order valence-corrected chi connectivity index (χ4v) is 8.20. The van der Waals surface area contributed by atoms with Gasteiger partial charge in [-0.15, -0.1) is 0 Å². The third kappa shape index (κ3) is 9.30. The van der Waals surface area contributed by atoms with Crippen molar-refractivity contribution in [1.82, 2.24) is 14.7 Å². The molecule has 0 radical (unpaired) electrons. The maximum absolute atomic E-state index is 14.2. The molecule has 0 amide bonds. The van der Waals surface area contributed by atoms with Crippen LogP contribution in [0.2, 0.25) is 0 Å². The van der Waals surface area contributed by atoms with Gasteiger partial charge in [0, 0.05) is 44.2 Å². The van der Waals surface area contributed by atoms with Crippen molar-refractivity contribution in [1.29, 1.82) is 0 Å². The molecule has 46 heavy (non-hydrogen) atoms. The molecular weight excluding hydrogens is 586 g/mol. The molecule has 2 heterocycles. The van der Waals surface area contributed by atoms with Crippen LogP contribution in [-0.2, 0) is 28.5 Å². The van der Waals surface area contributed by atoms with Crippen LogP contribution in [0.5, 0.6) is 0 Å². The van der Waals surface area contributed by atoms with Crippen molar-refractivity contribution in [2.45, 2.75) is 136 Å². The van der Waals surface area contributed by atoms with Gasteiger partial charge in [-0.1, -0.05) is 27.7 Å². The standard InChI is InChI=1S/C36H67N3O7/c1-22(2)19-38(11)27-15-26(16-27)17-28-21-44-34(42)35(6,7)31(41)25(5)32(36(8,43-13)18-23(3)20-39(28)12)46-33-30(40)29(37(9)10)14-24(4)45-33/h22-30,32-33,40H,14-21H2,1-13H3/t23-,24-,25+,26?,27?,28-,29+,30-,32-,33+,36-/m1/s1. The van der Waals surface area contributed by atoms with E-state index in [1.807, 2.05) is 32.8 Å². The first-order chi connectivity index (χ1) is 21.3. The molecular formula is C36H67N3O7. The van der Waals surface area contributed by atoms with E-state index in [0.717, 1.165) is 32.4 Å². The van der Waals surface area contributed by atoms with Gasteiger partial charge in [0.2, 0.25) is 0 Å². The van der Waals surface area contributed by atoms with E-state index in [-0.39, 0.29) is 36.5 Å². The second kappa shape index (κ2) is 16.0. The quantitative estimate of drug-likeness (QED) is 0.290. The third-order valence-corrected chi connectivity index (χ3v) is 11.1. The summed E-state index contributed by atoms with van der Waals surface area (Å²) in [7, 11) is 9.85. The molecule has 9 atom stereocenters. The number of rotatable bonds is 9. The lowest BCUT2D eigenvalue weighted by Crippen LogP contribution is -2.59. The topological polar surface area (TPSA) is 101 Å². The van der Waals surface area contributed by atoms with Crippen LogP contribution in [0.25, 0.3) is 0 Å². The van der Waals surface area contributed by atoms with Crippen molar-refractivity contribution in [3.8, 4) is 0 Å². The van der Waals surface area contributed by atoms with Gasteiger partial charge in [-0.3, -0.25) is 14.5 Å². The van der Waals surface area contributed by atoms with Crippen LogP contribution in [0.4, 0.5) is 0 Å². The molecule has 1 aliphatic carbocycles. The minimum absolute atomic E-state index is 0.0490. The minimum atomic E-state index is -1.40. The molecule has 10 heteroatoms. The molecule has 3 rings (SSSR count). The first-order valence-corrected chi connectivity index (χ1v) is 17.6. The van der Waals surface area contributed by atoms with Gasteiger partial charge >= 0.3 is 5.97 Å². The summed E-state index contributed by atoms with van der Waals surface area (Å²) in [5, 5.41) is 11.3.